The van der Waals surface area contributed by atoms with Gasteiger partial charge in [-0.05, 0) is 0 Å². The molecule has 0 fully saturated rings. The van der Waals surface area contributed by atoms with Gasteiger partial charge in [-0.25, -0.2) is 0 Å². The number of hydrogen-bond donors (Lipinski definition) is 0. The Labute approximate surface area is 45.7 Å². The van der Waals surface area contributed by atoms with Crippen LogP contribution in [0, 0.1) is 6.92 Å². The summed E-state index contributed by atoms with van der Waals surface area (Å²) in [6.45, 7) is 2.44. The smallest absolute Gasteiger partial charge is 0.584 e. The molecule has 0 heterocycles. The summed E-state index contributed by atoms with van der Waals surface area (Å²) in [6, 6.07) is 0. The second-order valence-corrected chi connectivity index (χ2v) is 0.372. The minimum Gasteiger partial charge on any atom is -0.584 e. The third kappa shape index (κ3) is 2740. The van der Waals surface area contributed by atoms with Gasteiger partial charge in [0.05, 0.1) is 0 Å². The van der Waals surface area contributed by atoms with E-state index in [1.165, 1.54) is 0 Å². The Hall–Kier alpha value is 0.0803. The van der Waals surface area contributed by atoms with Crippen molar-refractivity contribution in [2.45, 2.75) is 0 Å². The maximum atomic E-state index is 8.78. The average Bonchev–Trinajstić information content (AvgIpc) is 0.811. The predicted octanol–water partition coefficient (Wildman–Crippen LogP) is -1.43. The van der Waals surface area contributed by atoms with Gasteiger partial charge in [0, 0.05) is 0 Å². The molecule has 0 aliphatic carbocycles. The van der Waals surface area contributed by atoms with Crippen LogP contribution < -0.4 is 5.11 Å². The van der Waals surface area contributed by atoms with Gasteiger partial charge in [0.25, 0.3) is 0 Å². The van der Waals surface area contributed by atoms with E-state index < -0.39 is 5.97 Å². The first-order valence-corrected chi connectivity index (χ1v) is 0.762. The molecule has 0 N–H and O–H groups in total. The fourth-order valence-electron chi connectivity index (χ4n) is 0. The normalized spacial score (nSPS) is 4.80. The standard InChI is InChI=1S/C2H3O2.Au/c1-2(3)4;/h1H2,(H,3,4);/q-1;+1/p-1. The van der Waals surface area contributed by atoms with Gasteiger partial charge < -0.3 is 16.8 Å². The van der Waals surface area contributed by atoms with Crippen LogP contribution in [0.3, 0.4) is 0 Å². The number of carbonyl (C=O) groups excluding carboxylic acids is 1. The summed E-state index contributed by atoms with van der Waals surface area (Å²) in [7, 11) is 0. The van der Waals surface area contributed by atoms with E-state index in [9.17, 15) is 0 Å². The molecular formula is C2H2AuO2-. The van der Waals surface area contributed by atoms with Crippen LogP contribution in [0.15, 0.2) is 0 Å². The molecule has 0 aliphatic heterocycles. The molecule has 0 aromatic carbocycles. The van der Waals surface area contributed by atoms with Gasteiger partial charge in [-0.3, -0.25) is 0 Å². The van der Waals surface area contributed by atoms with Crippen molar-refractivity contribution in [3.05, 3.63) is 6.92 Å². The maximum Gasteiger partial charge on any atom is 1.00 e. The number of carboxylic acid groups (broad SMARTS) is 1. The maximum absolute atomic E-state index is 8.78. The van der Waals surface area contributed by atoms with Gasteiger partial charge in [-0.1, -0.05) is 0 Å². The minimum atomic E-state index is -1.33. The van der Waals surface area contributed by atoms with Crippen molar-refractivity contribution in [2.24, 2.45) is 0 Å². The molecule has 0 spiro atoms. The number of carboxylic acids is 1. The van der Waals surface area contributed by atoms with Crippen molar-refractivity contribution >= 4 is 5.97 Å². The van der Waals surface area contributed by atoms with Gasteiger partial charge in [0.2, 0.25) is 0 Å². The first-order chi connectivity index (χ1) is 1.73. The van der Waals surface area contributed by atoms with Crippen LogP contribution in [-0.2, 0) is 27.2 Å². The fourth-order valence-corrected chi connectivity index (χ4v) is 0. The van der Waals surface area contributed by atoms with Gasteiger partial charge in [0.15, 0.2) is 0 Å². The van der Waals surface area contributed by atoms with Crippen molar-refractivity contribution in [1.82, 2.24) is 0 Å². The van der Waals surface area contributed by atoms with E-state index >= 15 is 0 Å². The van der Waals surface area contributed by atoms with Crippen molar-refractivity contribution in [2.75, 3.05) is 0 Å². The van der Waals surface area contributed by atoms with E-state index in [1.54, 1.807) is 0 Å². The molecule has 5 heavy (non-hydrogen) atoms. The largest absolute Gasteiger partial charge is 1.00 e. The quantitative estimate of drug-likeness (QED) is 0.393. The van der Waals surface area contributed by atoms with Crippen LogP contribution in [0.25, 0.3) is 0 Å². The number of hydrogen-bond acceptors (Lipinski definition) is 2. The van der Waals surface area contributed by atoms with Crippen molar-refractivity contribution in [3.8, 4) is 0 Å². The monoisotopic (exact) mass is 255 g/mol. The van der Waals surface area contributed by atoms with Crippen LogP contribution in [0.1, 0.15) is 0 Å². The van der Waals surface area contributed by atoms with Crippen molar-refractivity contribution in [3.63, 3.8) is 0 Å². The summed E-state index contributed by atoms with van der Waals surface area (Å²) in [5.41, 5.74) is 0. The molecule has 0 radical (unpaired) electrons. The minimum absolute atomic E-state index is 0. The van der Waals surface area contributed by atoms with E-state index in [-0.39, 0.29) is 22.4 Å². The Morgan fingerprint density at radius 1 is 1.80 bits per heavy atom. The van der Waals surface area contributed by atoms with Gasteiger partial charge >= 0.3 is 22.4 Å². The zero-order chi connectivity index (χ0) is 3.58. The predicted molar refractivity (Wildman–Crippen MR) is 10.4 cm³/mol. The van der Waals surface area contributed by atoms with Gasteiger partial charge in [-0.15, -0.1) is 5.97 Å². The third-order valence-electron chi connectivity index (χ3n) is 0. The Kier molecular flexibility index (Phi) is 7.27. The summed E-state index contributed by atoms with van der Waals surface area (Å²) in [5, 5.41) is 8.78. The van der Waals surface area contributed by atoms with Crippen LogP contribution in [0.4, 0.5) is 0 Å². The van der Waals surface area contributed by atoms with E-state index in [4.69, 9.17) is 9.90 Å². The molecule has 0 saturated heterocycles. The molecule has 0 atom stereocenters. The van der Waals surface area contributed by atoms with Crippen molar-refractivity contribution < 1.29 is 32.3 Å². The Morgan fingerprint density at radius 2 is 1.80 bits per heavy atom. The molecule has 2 nitrogen and oxygen atoms in total. The fraction of sp³-hybridized carbons (Fsp3) is 0. The van der Waals surface area contributed by atoms with Gasteiger partial charge in [0.1, 0.15) is 0 Å². The topological polar surface area (TPSA) is 40.1 Å². The Morgan fingerprint density at radius 3 is 1.80 bits per heavy atom. The van der Waals surface area contributed by atoms with Crippen LogP contribution >= 0.6 is 0 Å². The summed E-state index contributed by atoms with van der Waals surface area (Å²) in [6.07, 6.45) is 0. The Bertz CT molecular complexity index is 30.6. The van der Waals surface area contributed by atoms with E-state index in [2.05, 4.69) is 6.92 Å². The van der Waals surface area contributed by atoms with E-state index in [0.29, 0.717) is 0 Å². The molecule has 34 valence electrons. The first-order valence-electron chi connectivity index (χ1n) is 0.762. The summed E-state index contributed by atoms with van der Waals surface area (Å²) >= 11 is 0. The SMILES string of the molecule is [Au+].[CH2-]C(=O)[O-]. The van der Waals surface area contributed by atoms with E-state index in [1.807, 2.05) is 0 Å². The van der Waals surface area contributed by atoms with Crippen molar-refractivity contribution in [1.29, 1.82) is 0 Å². The molecule has 0 unspecified atom stereocenters. The molecular weight excluding hydrogens is 253 g/mol. The molecule has 0 aliphatic rings. The molecule has 0 saturated carbocycles. The zero-order valence-electron chi connectivity index (χ0n) is 2.33. The molecule has 0 aromatic heterocycles. The second-order valence-electron chi connectivity index (χ2n) is 0.372. The molecule has 0 rings (SSSR count). The Balaban J connectivity index is 0. The molecule has 3 heteroatoms. The number of carbonyl (C=O) groups is 1. The average molecular weight is 255 g/mol. The first kappa shape index (κ1) is 8.91. The zero-order valence-corrected chi connectivity index (χ0v) is 4.49. The molecule has 0 amide bonds. The number of aliphatic carboxylic acids is 1. The summed E-state index contributed by atoms with van der Waals surface area (Å²) < 4.78 is 0. The third-order valence-corrected chi connectivity index (χ3v) is 0. The number of rotatable bonds is 0. The van der Waals surface area contributed by atoms with Crippen LogP contribution in [0.5, 0.6) is 0 Å². The van der Waals surface area contributed by atoms with Crippen LogP contribution in [-0.4, -0.2) is 5.97 Å². The summed E-state index contributed by atoms with van der Waals surface area (Å²) in [4.78, 5) is 8.78. The molecule has 0 bridgehead atoms. The van der Waals surface area contributed by atoms with Gasteiger partial charge in [-0.2, -0.15) is 0 Å². The summed E-state index contributed by atoms with van der Waals surface area (Å²) in [5.74, 6) is -1.33. The van der Waals surface area contributed by atoms with Crippen LogP contribution in [0.2, 0.25) is 0 Å². The second kappa shape index (κ2) is 4.08. The van der Waals surface area contributed by atoms with E-state index in [0.717, 1.165) is 0 Å². The molecule has 0 aromatic rings.